The molecule has 0 saturated carbocycles. The van der Waals surface area contributed by atoms with Gasteiger partial charge in [0, 0.05) is 12.1 Å². The van der Waals surface area contributed by atoms with E-state index >= 15 is 0 Å². The molecule has 0 bridgehead atoms. The Bertz CT molecular complexity index is 1340. The number of methoxy groups -OCH3 is 1. The van der Waals surface area contributed by atoms with Crippen LogP contribution in [0.5, 0.6) is 11.5 Å². The number of carbonyl (C=O) groups is 1. The SMILES string of the molecule is C=CCn1c2ccccc2n2nc(C)c(C(=O)/C=C/c3cccc(OC)c3OC(C)C)c12. The van der Waals surface area contributed by atoms with Gasteiger partial charge in [0.2, 0.25) is 0 Å². The van der Waals surface area contributed by atoms with E-state index in [0.717, 1.165) is 22.2 Å². The zero-order valence-electron chi connectivity index (χ0n) is 18.8. The maximum atomic E-state index is 13.4. The van der Waals surface area contributed by atoms with Crippen LogP contribution in [0.4, 0.5) is 0 Å². The number of hydrogen-bond donors (Lipinski definition) is 0. The summed E-state index contributed by atoms with van der Waals surface area (Å²) in [6, 6.07) is 13.6. The summed E-state index contributed by atoms with van der Waals surface area (Å²) in [5, 5.41) is 4.67. The van der Waals surface area contributed by atoms with Crippen molar-refractivity contribution in [3.8, 4) is 11.5 Å². The standard InChI is InChI=1S/C26H27N3O3/c1-6-16-28-20-11-7-8-12-21(20)29-26(28)24(18(4)27-29)22(30)15-14-19-10-9-13-23(31-5)25(19)32-17(2)3/h6-15,17H,1,16H2,2-5H3/b15-14+. The van der Waals surface area contributed by atoms with Crippen LogP contribution in [0.25, 0.3) is 22.8 Å². The molecular weight excluding hydrogens is 402 g/mol. The van der Waals surface area contributed by atoms with Gasteiger partial charge in [0.1, 0.15) is 5.65 Å². The van der Waals surface area contributed by atoms with Gasteiger partial charge in [0.25, 0.3) is 0 Å². The average molecular weight is 430 g/mol. The molecule has 0 unspecified atom stereocenters. The van der Waals surface area contributed by atoms with E-state index in [9.17, 15) is 4.79 Å². The molecule has 2 heterocycles. The molecule has 2 aromatic carbocycles. The quantitative estimate of drug-likeness (QED) is 0.212. The Morgan fingerprint density at radius 2 is 1.91 bits per heavy atom. The Hall–Kier alpha value is -3.80. The summed E-state index contributed by atoms with van der Waals surface area (Å²) in [7, 11) is 1.60. The molecule has 0 amide bonds. The van der Waals surface area contributed by atoms with E-state index in [1.165, 1.54) is 0 Å². The van der Waals surface area contributed by atoms with Crippen molar-refractivity contribution >= 4 is 28.5 Å². The fourth-order valence-corrected chi connectivity index (χ4v) is 3.96. The first-order valence-electron chi connectivity index (χ1n) is 10.6. The minimum absolute atomic E-state index is 0.0266. The highest BCUT2D eigenvalue weighted by Gasteiger charge is 2.22. The lowest BCUT2D eigenvalue weighted by Crippen LogP contribution is -2.08. The van der Waals surface area contributed by atoms with Gasteiger partial charge in [0.15, 0.2) is 17.3 Å². The third kappa shape index (κ3) is 3.68. The van der Waals surface area contributed by atoms with Gasteiger partial charge in [-0.3, -0.25) is 4.79 Å². The number of ketones is 1. The molecule has 0 atom stereocenters. The van der Waals surface area contributed by atoms with E-state index in [2.05, 4.69) is 16.2 Å². The van der Waals surface area contributed by atoms with Crippen molar-refractivity contribution in [2.24, 2.45) is 0 Å². The molecule has 0 radical (unpaired) electrons. The molecule has 6 heteroatoms. The molecule has 0 aliphatic rings. The number of aromatic nitrogens is 3. The molecule has 0 aliphatic heterocycles. The number of nitrogens with zero attached hydrogens (tertiary/aromatic N) is 3. The molecule has 0 fully saturated rings. The Kier molecular flexibility index (Phi) is 5.86. The average Bonchev–Trinajstić information content (AvgIpc) is 3.26. The topological polar surface area (TPSA) is 57.8 Å². The number of fused-ring (bicyclic) bond motifs is 3. The van der Waals surface area contributed by atoms with Gasteiger partial charge >= 0.3 is 0 Å². The lowest BCUT2D eigenvalue weighted by molar-refractivity contribution is 0.104. The number of rotatable bonds is 8. The van der Waals surface area contributed by atoms with Crippen molar-refractivity contribution in [2.45, 2.75) is 33.4 Å². The van der Waals surface area contributed by atoms with Crippen LogP contribution in [0, 0.1) is 6.92 Å². The van der Waals surface area contributed by atoms with Crippen molar-refractivity contribution in [1.82, 2.24) is 14.2 Å². The Morgan fingerprint density at radius 3 is 2.59 bits per heavy atom. The highest BCUT2D eigenvalue weighted by Crippen LogP contribution is 2.33. The molecule has 0 aliphatic carbocycles. The summed E-state index contributed by atoms with van der Waals surface area (Å²) < 4.78 is 15.3. The third-order valence-corrected chi connectivity index (χ3v) is 5.25. The predicted molar refractivity (Wildman–Crippen MR) is 128 cm³/mol. The maximum absolute atomic E-state index is 13.4. The summed E-state index contributed by atoms with van der Waals surface area (Å²) >= 11 is 0. The van der Waals surface area contributed by atoms with Crippen molar-refractivity contribution < 1.29 is 14.3 Å². The number of para-hydroxylation sites is 3. The Morgan fingerprint density at radius 1 is 1.16 bits per heavy atom. The zero-order chi connectivity index (χ0) is 22.8. The molecule has 164 valence electrons. The van der Waals surface area contributed by atoms with Gasteiger partial charge in [-0.2, -0.15) is 5.10 Å². The number of hydrogen-bond acceptors (Lipinski definition) is 4. The summed E-state index contributed by atoms with van der Waals surface area (Å²) in [5.41, 5.74) is 4.77. The Balaban J connectivity index is 1.81. The van der Waals surface area contributed by atoms with Crippen LogP contribution in [-0.4, -0.2) is 33.2 Å². The first-order chi connectivity index (χ1) is 15.5. The van der Waals surface area contributed by atoms with E-state index in [1.54, 1.807) is 19.3 Å². The molecule has 32 heavy (non-hydrogen) atoms. The van der Waals surface area contributed by atoms with Crippen LogP contribution in [0.3, 0.4) is 0 Å². The summed E-state index contributed by atoms with van der Waals surface area (Å²) in [5.74, 6) is 1.12. The number of ether oxygens (including phenoxy) is 2. The lowest BCUT2D eigenvalue weighted by Gasteiger charge is -2.15. The van der Waals surface area contributed by atoms with Gasteiger partial charge in [-0.25, -0.2) is 4.52 Å². The predicted octanol–water partition coefficient (Wildman–Crippen LogP) is 5.48. The van der Waals surface area contributed by atoms with E-state index < -0.39 is 0 Å². The van der Waals surface area contributed by atoms with Gasteiger partial charge in [-0.15, -0.1) is 6.58 Å². The first-order valence-corrected chi connectivity index (χ1v) is 10.6. The zero-order valence-corrected chi connectivity index (χ0v) is 18.8. The van der Waals surface area contributed by atoms with Crippen LogP contribution in [-0.2, 0) is 6.54 Å². The second kappa shape index (κ2) is 8.75. The minimum atomic E-state index is -0.121. The molecule has 4 aromatic rings. The summed E-state index contributed by atoms with van der Waals surface area (Å²) in [4.78, 5) is 13.4. The largest absolute Gasteiger partial charge is 0.493 e. The molecule has 2 aromatic heterocycles. The highest BCUT2D eigenvalue weighted by atomic mass is 16.5. The minimum Gasteiger partial charge on any atom is -0.493 e. The van der Waals surface area contributed by atoms with E-state index in [0.29, 0.717) is 29.3 Å². The van der Waals surface area contributed by atoms with Crippen molar-refractivity contribution in [3.05, 3.63) is 78.0 Å². The number of imidazole rings is 1. The number of carbonyl (C=O) groups excluding carboxylic acids is 1. The molecule has 0 N–H and O–H groups in total. The number of allylic oxidation sites excluding steroid dienone is 2. The number of benzene rings is 2. The smallest absolute Gasteiger partial charge is 0.191 e. The molecule has 0 spiro atoms. The molecule has 0 saturated heterocycles. The summed E-state index contributed by atoms with van der Waals surface area (Å²) in [6.45, 7) is 10.2. The monoisotopic (exact) mass is 429 g/mol. The third-order valence-electron chi connectivity index (χ3n) is 5.25. The Labute approximate surface area is 187 Å². The molecular formula is C26H27N3O3. The first kappa shape index (κ1) is 21.4. The fourth-order valence-electron chi connectivity index (χ4n) is 3.96. The van der Waals surface area contributed by atoms with Gasteiger partial charge < -0.3 is 14.0 Å². The van der Waals surface area contributed by atoms with Crippen LogP contribution in [0.2, 0.25) is 0 Å². The normalized spacial score (nSPS) is 11.7. The van der Waals surface area contributed by atoms with Gasteiger partial charge in [-0.1, -0.05) is 30.3 Å². The lowest BCUT2D eigenvalue weighted by atomic mass is 10.1. The van der Waals surface area contributed by atoms with Crippen LogP contribution >= 0.6 is 0 Å². The second-order valence-corrected chi connectivity index (χ2v) is 7.83. The van der Waals surface area contributed by atoms with Crippen LogP contribution in [0.1, 0.15) is 35.5 Å². The van der Waals surface area contributed by atoms with Crippen molar-refractivity contribution in [1.29, 1.82) is 0 Å². The van der Waals surface area contributed by atoms with Gasteiger partial charge in [-0.05, 0) is 51.1 Å². The second-order valence-electron chi connectivity index (χ2n) is 7.83. The fraction of sp³-hybridized carbons (Fsp3) is 0.231. The highest BCUT2D eigenvalue weighted by molar-refractivity contribution is 6.12. The van der Waals surface area contributed by atoms with E-state index in [1.807, 2.05) is 73.8 Å². The van der Waals surface area contributed by atoms with Gasteiger partial charge in [0.05, 0.1) is 35.5 Å². The van der Waals surface area contributed by atoms with E-state index in [-0.39, 0.29) is 11.9 Å². The summed E-state index contributed by atoms with van der Waals surface area (Å²) in [6.07, 6.45) is 5.14. The van der Waals surface area contributed by atoms with Crippen molar-refractivity contribution in [2.75, 3.05) is 7.11 Å². The molecule has 6 nitrogen and oxygen atoms in total. The van der Waals surface area contributed by atoms with E-state index in [4.69, 9.17) is 9.47 Å². The van der Waals surface area contributed by atoms with Crippen LogP contribution in [0.15, 0.2) is 61.2 Å². The maximum Gasteiger partial charge on any atom is 0.191 e. The molecule has 4 rings (SSSR count). The van der Waals surface area contributed by atoms with Crippen molar-refractivity contribution in [3.63, 3.8) is 0 Å². The number of aryl methyl sites for hydroxylation is 1. The van der Waals surface area contributed by atoms with Crippen LogP contribution < -0.4 is 9.47 Å².